The molecule has 0 N–H and O–H groups in total. The van der Waals surface area contributed by atoms with Gasteiger partial charge in [0.15, 0.2) is 0 Å². The molecule has 0 aliphatic carbocycles. The number of rotatable bonds is 3. The molecule has 1 saturated heterocycles. The highest BCUT2D eigenvalue weighted by atomic mass is 16.6. The van der Waals surface area contributed by atoms with Crippen LogP contribution in [-0.4, -0.2) is 55.8 Å². The minimum Gasteiger partial charge on any atom is -0.469 e. The number of methoxy groups -OCH3 is 2. The summed E-state index contributed by atoms with van der Waals surface area (Å²) in [5.41, 5.74) is 0.374. The molecule has 1 aliphatic rings. The fourth-order valence-corrected chi connectivity index (χ4v) is 3.84. The Kier molecular flexibility index (Phi) is 6.01. The van der Waals surface area contributed by atoms with Crippen LogP contribution in [0.4, 0.5) is 4.79 Å². The van der Waals surface area contributed by atoms with Gasteiger partial charge < -0.3 is 19.1 Å². The molecule has 30 heavy (non-hydrogen) atoms. The number of ether oxygens (including phenoxy) is 3. The summed E-state index contributed by atoms with van der Waals surface area (Å²) in [6.45, 7) is 5.75. The quantitative estimate of drug-likeness (QED) is 0.563. The molecular weight excluding hydrogens is 386 g/mol. The predicted molar refractivity (Wildman–Crippen MR) is 111 cm³/mol. The summed E-state index contributed by atoms with van der Waals surface area (Å²) >= 11 is 0. The summed E-state index contributed by atoms with van der Waals surface area (Å²) in [6.07, 6.45) is -0.501. The van der Waals surface area contributed by atoms with Crippen molar-refractivity contribution in [2.24, 2.45) is 5.92 Å². The van der Waals surface area contributed by atoms with Gasteiger partial charge >= 0.3 is 18.0 Å². The lowest BCUT2D eigenvalue weighted by molar-refractivity contribution is -0.145. The van der Waals surface area contributed by atoms with Gasteiger partial charge in [0, 0.05) is 19.0 Å². The molecule has 2 aromatic carbocycles. The van der Waals surface area contributed by atoms with Gasteiger partial charge in [-0.05, 0) is 49.2 Å². The molecule has 1 fully saturated rings. The van der Waals surface area contributed by atoms with Crippen molar-refractivity contribution in [3.8, 4) is 0 Å². The van der Waals surface area contributed by atoms with E-state index in [9.17, 15) is 14.4 Å². The first-order chi connectivity index (χ1) is 14.1. The standard InChI is InChI=1S/C23H27NO6/c1-23(2,3)30-22(27)24-12-18(19(13-24)21(26)29-5)16-10-14-8-6-7-9-15(14)11-17(16)20(25)28-4/h6-11,18-19H,12-13H2,1-5H3. The smallest absolute Gasteiger partial charge is 0.410 e. The third-order valence-electron chi connectivity index (χ3n) is 5.20. The summed E-state index contributed by atoms with van der Waals surface area (Å²) in [5, 5.41) is 1.82. The summed E-state index contributed by atoms with van der Waals surface area (Å²) < 4.78 is 15.5. The van der Waals surface area contributed by atoms with Gasteiger partial charge in [0.25, 0.3) is 0 Å². The van der Waals surface area contributed by atoms with Crippen molar-refractivity contribution in [2.75, 3.05) is 27.3 Å². The number of carbonyl (C=O) groups is 3. The number of benzene rings is 2. The molecule has 160 valence electrons. The lowest BCUT2D eigenvalue weighted by Crippen LogP contribution is -2.36. The molecule has 1 amide bonds. The Balaban J connectivity index is 2.06. The molecule has 0 aromatic heterocycles. The summed E-state index contributed by atoms with van der Waals surface area (Å²) in [7, 11) is 2.64. The molecular formula is C23H27NO6. The van der Waals surface area contributed by atoms with E-state index in [0.29, 0.717) is 11.1 Å². The van der Waals surface area contributed by atoms with Crippen LogP contribution >= 0.6 is 0 Å². The molecule has 0 bridgehead atoms. The Morgan fingerprint density at radius 1 is 0.967 bits per heavy atom. The maximum absolute atomic E-state index is 12.6. The maximum Gasteiger partial charge on any atom is 0.410 e. The highest BCUT2D eigenvalue weighted by molar-refractivity contribution is 5.98. The lowest BCUT2D eigenvalue weighted by Gasteiger charge is -2.24. The van der Waals surface area contributed by atoms with Gasteiger partial charge in [-0.1, -0.05) is 24.3 Å². The van der Waals surface area contributed by atoms with Crippen molar-refractivity contribution in [1.29, 1.82) is 0 Å². The molecule has 0 radical (unpaired) electrons. The van der Waals surface area contributed by atoms with Crippen LogP contribution in [0.1, 0.15) is 42.6 Å². The van der Waals surface area contributed by atoms with Crippen LogP contribution in [0.2, 0.25) is 0 Å². The normalized spacial score (nSPS) is 18.9. The minimum absolute atomic E-state index is 0.152. The first kappa shape index (κ1) is 21.6. The van der Waals surface area contributed by atoms with E-state index in [1.165, 1.54) is 19.1 Å². The zero-order chi connectivity index (χ0) is 22.1. The molecule has 2 aromatic rings. The Morgan fingerprint density at radius 3 is 2.17 bits per heavy atom. The number of fused-ring (bicyclic) bond motifs is 1. The van der Waals surface area contributed by atoms with Crippen LogP contribution in [0.25, 0.3) is 10.8 Å². The van der Waals surface area contributed by atoms with Gasteiger partial charge in [-0.2, -0.15) is 0 Å². The van der Waals surface area contributed by atoms with Crippen LogP contribution in [0.15, 0.2) is 36.4 Å². The SMILES string of the molecule is COC(=O)c1cc2ccccc2cc1C1CN(C(=O)OC(C)(C)C)CC1C(=O)OC. The van der Waals surface area contributed by atoms with E-state index in [2.05, 4.69) is 0 Å². The van der Waals surface area contributed by atoms with Crippen LogP contribution < -0.4 is 0 Å². The van der Waals surface area contributed by atoms with Gasteiger partial charge in [-0.25, -0.2) is 9.59 Å². The third kappa shape index (κ3) is 4.40. The molecule has 2 atom stereocenters. The zero-order valence-electron chi connectivity index (χ0n) is 17.9. The van der Waals surface area contributed by atoms with Gasteiger partial charge in [-0.3, -0.25) is 4.79 Å². The zero-order valence-corrected chi connectivity index (χ0v) is 17.9. The van der Waals surface area contributed by atoms with Gasteiger partial charge in [0.05, 0.1) is 25.7 Å². The lowest BCUT2D eigenvalue weighted by atomic mass is 9.84. The highest BCUT2D eigenvalue weighted by Crippen LogP contribution is 2.38. The Bertz CT molecular complexity index is 977. The average Bonchev–Trinajstić information content (AvgIpc) is 3.16. The fourth-order valence-electron chi connectivity index (χ4n) is 3.84. The van der Waals surface area contributed by atoms with E-state index in [-0.39, 0.29) is 13.1 Å². The van der Waals surface area contributed by atoms with E-state index >= 15 is 0 Å². The Labute approximate surface area is 175 Å². The second-order valence-electron chi connectivity index (χ2n) is 8.40. The molecule has 1 heterocycles. The van der Waals surface area contributed by atoms with Crippen molar-refractivity contribution >= 4 is 28.8 Å². The second-order valence-corrected chi connectivity index (χ2v) is 8.40. The number of likely N-dealkylation sites (tertiary alicyclic amines) is 1. The van der Waals surface area contributed by atoms with E-state index in [0.717, 1.165) is 10.8 Å². The number of hydrogen-bond acceptors (Lipinski definition) is 6. The van der Waals surface area contributed by atoms with Crippen molar-refractivity contribution < 1.29 is 28.6 Å². The molecule has 0 spiro atoms. The highest BCUT2D eigenvalue weighted by Gasteiger charge is 2.43. The van der Waals surface area contributed by atoms with Crippen molar-refractivity contribution in [1.82, 2.24) is 4.90 Å². The minimum atomic E-state index is -0.657. The first-order valence-electron chi connectivity index (χ1n) is 9.81. The second kappa shape index (κ2) is 8.34. The van der Waals surface area contributed by atoms with Crippen LogP contribution in [0.3, 0.4) is 0 Å². The van der Waals surface area contributed by atoms with Crippen LogP contribution in [0.5, 0.6) is 0 Å². The average molecular weight is 413 g/mol. The summed E-state index contributed by atoms with van der Waals surface area (Å²) in [5.74, 6) is -1.97. The Morgan fingerprint density at radius 2 is 1.60 bits per heavy atom. The van der Waals surface area contributed by atoms with E-state index in [1.807, 2.05) is 30.3 Å². The molecule has 7 heteroatoms. The number of nitrogens with zero attached hydrogens (tertiary/aromatic N) is 1. The van der Waals surface area contributed by atoms with Crippen molar-refractivity contribution in [2.45, 2.75) is 32.3 Å². The Hall–Kier alpha value is -3.09. The van der Waals surface area contributed by atoms with Gasteiger partial charge in [-0.15, -0.1) is 0 Å². The molecule has 1 aliphatic heterocycles. The van der Waals surface area contributed by atoms with E-state index < -0.39 is 35.5 Å². The predicted octanol–water partition coefficient (Wildman–Crippen LogP) is 3.75. The van der Waals surface area contributed by atoms with Gasteiger partial charge in [0.2, 0.25) is 0 Å². The van der Waals surface area contributed by atoms with Crippen LogP contribution in [0, 0.1) is 5.92 Å². The first-order valence-corrected chi connectivity index (χ1v) is 9.81. The number of hydrogen-bond donors (Lipinski definition) is 0. The summed E-state index contributed by atoms with van der Waals surface area (Å²) in [6, 6.07) is 11.3. The molecule has 0 saturated carbocycles. The summed E-state index contributed by atoms with van der Waals surface area (Å²) in [4.78, 5) is 39.2. The van der Waals surface area contributed by atoms with Gasteiger partial charge in [0.1, 0.15) is 5.60 Å². The number of amides is 1. The van der Waals surface area contributed by atoms with E-state index in [4.69, 9.17) is 14.2 Å². The number of esters is 2. The number of carbonyl (C=O) groups excluding carboxylic acids is 3. The molecule has 7 nitrogen and oxygen atoms in total. The monoisotopic (exact) mass is 413 g/mol. The molecule has 3 rings (SSSR count). The van der Waals surface area contributed by atoms with Crippen molar-refractivity contribution in [3.05, 3.63) is 47.5 Å². The van der Waals surface area contributed by atoms with Crippen LogP contribution in [-0.2, 0) is 19.0 Å². The fraction of sp³-hybridized carbons (Fsp3) is 0.435. The maximum atomic E-state index is 12.6. The van der Waals surface area contributed by atoms with E-state index in [1.54, 1.807) is 26.8 Å². The largest absolute Gasteiger partial charge is 0.469 e. The van der Waals surface area contributed by atoms with Crippen molar-refractivity contribution in [3.63, 3.8) is 0 Å². The third-order valence-corrected chi connectivity index (χ3v) is 5.20. The molecule has 2 unspecified atom stereocenters. The topological polar surface area (TPSA) is 82.1 Å².